The number of ether oxygens (including phenoxy) is 2. The molecule has 1 aliphatic rings. The predicted molar refractivity (Wildman–Crippen MR) is 92.1 cm³/mol. The fourth-order valence-corrected chi connectivity index (χ4v) is 3.25. The first-order chi connectivity index (χ1) is 11.5. The van der Waals surface area contributed by atoms with Gasteiger partial charge in [-0.2, -0.15) is 0 Å². The van der Waals surface area contributed by atoms with E-state index in [1.54, 1.807) is 4.90 Å². The van der Waals surface area contributed by atoms with Gasteiger partial charge in [0.25, 0.3) is 5.91 Å². The number of carbonyl (C=O) groups excluding carboxylic acids is 2. The predicted octanol–water partition coefficient (Wildman–Crippen LogP) is 2.75. The number of esters is 1. The molecule has 5 heteroatoms. The Labute approximate surface area is 141 Å². The molecule has 1 fully saturated rings. The number of aryl methyl sites for hydroxylation is 1. The van der Waals surface area contributed by atoms with E-state index in [0.717, 1.165) is 27.6 Å². The lowest BCUT2D eigenvalue weighted by Crippen LogP contribution is -2.45. The third-order valence-electron chi connectivity index (χ3n) is 4.53. The molecule has 0 saturated carbocycles. The molecule has 2 aromatic rings. The number of methoxy groups -OCH3 is 1. The number of rotatable bonds is 4. The van der Waals surface area contributed by atoms with Gasteiger partial charge in [0.15, 0.2) is 0 Å². The molecule has 0 N–H and O–H groups in total. The van der Waals surface area contributed by atoms with E-state index in [9.17, 15) is 9.59 Å². The van der Waals surface area contributed by atoms with E-state index in [1.165, 1.54) is 7.11 Å². The van der Waals surface area contributed by atoms with E-state index in [2.05, 4.69) is 6.07 Å². The molecule has 0 spiro atoms. The molecule has 24 heavy (non-hydrogen) atoms. The number of cyclic esters (lactones) is 1. The second kappa shape index (κ2) is 6.61. The molecular weight excluding hydrogens is 306 g/mol. The molecule has 5 nitrogen and oxygen atoms in total. The Morgan fingerprint density at radius 3 is 2.75 bits per heavy atom. The lowest BCUT2D eigenvalue weighted by Gasteiger charge is -2.30. The van der Waals surface area contributed by atoms with Crippen LogP contribution >= 0.6 is 0 Å². The first-order valence-electron chi connectivity index (χ1n) is 8.01. The summed E-state index contributed by atoms with van der Waals surface area (Å²) in [5.74, 6) is -0.593. The van der Waals surface area contributed by atoms with Crippen LogP contribution in [0.1, 0.15) is 17.5 Å². The summed E-state index contributed by atoms with van der Waals surface area (Å²) in [6, 6.07) is 9.39. The van der Waals surface area contributed by atoms with Crippen molar-refractivity contribution < 1.29 is 19.1 Å². The Morgan fingerprint density at radius 2 is 2.08 bits per heavy atom. The van der Waals surface area contributed by atoms with Crippen molar-refractivity contribution in [1.29, 1.82) is 0 Å². The Hall–Kier alpha value is -2.40. The van der Waals surface area contributed by atoms with Crippen LogP contribution in [0.15, 0.2) is 30.3 Å². The third-order valence-corrected chi connectivity index (χ3v) is 4.53. The molecule has 1 amide bonds. The lowest BCUT2D eigenvalue weighted by atomic mass is 9.97. The van der Waals surface area contributed by atoms with Crippen LogP contribution in [0.4, 0.5) is 5.69 Å². The van der Waals surface area contributed by atoms with Crippen LogP contribution in [0.25, 0.3) is 10.8 Å². The topological polar surface area (TPSA) is 55.8 Å². The number of hydrogen-bond acceptors (Lipinski definition) is 4. The summed E-state index contributed by atoms with van der Waals surface area (Å²) in [7, 11) is 1.48. The molecule has 0 bridgehead atoms. The number of hydrogen-bond donors (Lipinski definition) is 0. The van der Waals surface area contributed by atoms with Gasteiger partial charge in [0.1, 0.15) is 12.6 Å². The van der Waals surface area contributed by atoms with Crippen LogP contribution < -0.4 is 4.90 Å². The summed E-state index contributed by atoms with van der Waals surface area (Å²) in [4.78, 5) is 26.5. The molecular formula is C19H21NO4. The molecule has 0 radical (unpaired) electrons. The van der Waals surface area contributed by atoms with Crippen molar-refractivity contribution >= 4 is 28.3 Å². The van der Waals surface area contributed by atoms with Crippen molar-refractivity contribution in [2.75, 3.05) is 25.2 Å². The van der Waals surface area contributed by atoms with Gasteiger partial charge in [-0.1, -0.05) is 30.3 Å². The molecule has 0 aromatic heterocycles. The number of nitrogens with zero attached hydrogens (tertiary/aromatic N) is 1. The van der Waals surface area contributed by atoms with Crippen molar-refractivity contribution in [1.82, 2.24) is 0 Å². The summed E-state index contributed by atoms with van der Waals surface area (Å²) in [6.45, 7) is 4.25. The van der Waals surface area contributed by atoms with Crippen molar-refractivity contribution in [2.24, 2.45) is 0 Å². The second-order valence-electron chi connectivity index (χ2n) is 6.06. The number of benzene rings is 2. The molecule has 1 heterocycles. The fraction of sp³-hybridized carbons (Fsp3) is 0.368. The number of fused-ring (bicyclic) bond motifs is 1. The van der Waals surface area contributed by atoms with Crippen molar-refractivity contribution in [2.45, 2.75) is 26.3 Å². The Morgan fingerprint density at radius 1 is 1.33 bits per heavy atom. The Kier molecular flexibility index (Phi) is 4.53. The maximum atomic E-state index is 12.8. The average Bonchev–Trinajstić information content (AvgIpc) is 2.97. The first kappa shape index (κ1) is 16.5. The van der Waals surface area contributed by atoms with Gasteiger partial charge >= 0.3 is 5.97 Å². The zero-order valence-electron chi connectivity index (χ0n) is 14.2. The fourth-order valence-electron chi connectivity index (χ4n) is 3.25. The highest BCUT2D eigenvalue weighted by Crippen LogP contribution is 2.35. The van der Waals surface area contributed by atoms with Gasteiger partial charge in [-0.25, -0.2) is 4.79 Å². The van der Waals surface area contributed by atoms with E-state index in [4.69, 9.17) is 9.47 Å². The number of anilines is 1. The highest BCUT2D eigenvalue weighted by molar-refractivity contribution is 6.09. The van der Waals surface area contributed by atoms with Gasteiger partial charge in [-0.05, 0) is 30.4 Å². The van der Waals surface area contributed by atoms with E-state index in [0.29, 0.717) is 13.0 Å². The van der Waals surface area contributed by atoms with E-state index in [1.807, 2.05) is 38.1 Å². The molecule has 3 rings (SSSR count). The second-order valence-corrected chi connectivity index (χ2v) is 6.06. The quantitative estimate of drug-likeness (QED) is 0.810. The lowest BCUT2D eigenvalue weighted by molar-refractivity contribution is -0.140. The van der Waals surface area contributed by atoms with Gasteiger partial charge in [0.05, 0.1) is 12.3 Å². The Balaban J connectivity index is 2.24. The van der Waals surface area contributed by atoms with Crippen LogP contribution in [0, 0.1) is 13.8 Å². The maximum absolute atomic E-state index is 12.8. The summed E-state index contributed by atoms with van der Waals surface area (Å²) in [6.07, 6.45) is 0.496. The van der Waals surface area contributed by atoms with Crippen molar-refractivity contribution in [3.63, 3.8) is 0 Å². The SMILES string of the molecule is COCC(=O)N(c1c(C)c(C)cc2ccccc12)C1CCOC1=O. The van der Waals surface area contributed by atoms with Crippen LogP contribution in [0.3, 0.4) is 0 Å². The number of amides is 1. The Bertz CT molecular complexity index is 799. The minimum Gasteiger partial charge on any atom is -0.464 e. The van der Waals surface area contributed by atoms with Crippen LogP contribution in [-0.2, 0) is 19.1 Å². The van der Waals surface area contributed by atoms with Crippen LogP contribution in [-0.4, -0.2) is 38.2 Å². The molecule has 1 unspecified atom stereocenters. The zero-order valence-corrected chi connectivity index (χ0v) is 14.2. The smallest absolute Gasteiger partial charge is 0.329 e. The summed E-state index contributed by atoms with van der Waals surface area (Å²) in [5, 5.41) is 1.99. The average molecular weight is 327 g/mol. The minimum absolute atomic E-state index is 0.0779. The van der Waals surface area contributed by atoms with Gasteiger partial charge in [-0.15, -0.1) is 0 Å². The molecule has 2 aromatic carbocycles. The monoisotopic (exact) mass is 327 g/mol. The highest BCUT2D eigenvalue weighted by atomic mass is 16.5. The summed E-state index contributed by atoms with van der Waals surface area (Å²) < 4.78 is 10.1. The van der Waals surface area contributed by atoms with Crippen molar-refractivity contribution in [3.05, 3.63) is 41.5 Å². The molecule has 1 atom stereocenters. The van der Waals surface area contributed by atoms with E-state index < -0.39 is 6.04 Å². The van der Waals surface area contributed by atoms with E-state index >= 15 is 0 Å². The number of carbonyl (C=O) groups is 2. The standard InChI is InChI=1S/C19H21NO4/c1-12-10-14-6-4-5-7-15(14)18(13(12)2)20(17(21)11-23-3)16-8-9-24-19(16)22/h4-7,10,16H,8-9,11H2,1-3H3. The summed E-state index contributed by atoms with van der Waals surface area (Å²) >= 11 is 0. The van der Waals surface area contributed by atoms with Crippen molar-refractivity contribution in [3.8, 4) is 0 Å². The first-order valence-corrected chi connectivity index (χ1v) is 8.01. The molecule has 1 aliphatic heterocycles. The normalized spacial score (nSPS) is 17.1. The molecule has 0 aliphatic carbocycles. The molecule has 1 saturated heterocycles. The molecule has 126 valence electrons. The zero-order chi connectivity index (χ0) is 17.3. The van der Waals surface area contributed by atoms with Gasteiger partial charge in [0, 0.05) is 18.9 Å². The van der Waals surface area contributed by atoms with Gasteiger partial charge < -0.3 is 9.47 Å². The van der Waals surface area contributed by atoms with Gasteiger partial charge in [0.2, 0.25) is 0 Å². The highest BCUT2D eigenvalue weighted by Gasteiger charge is 2.37. The summed E-state index contributed by atoms with van der Waals surface area (Å²) in [5.41, 5.74) is 2.83. The maximum Gasteiger partial charge on any atom is 0.329 e. The van der Waals surface area contributed by atoms with Crippen LogP contribution in [0.5, 0.6) is 0 Å². The largest absolute Gasteiger partial charge is 0.464 e. The van der Waals surface area contributed by atoms with Gasteiger partial charge in [-0.3, -0.25) is 9.69 Å². The minimum atomic E-state index is -0.600. The van der Waals surface area contributed by atoms with Crippen LogP contribution in [0.2, 0.25) is 0 Å². The third kappa shape index (κ3) is 2.76. The van der Waals surface area contributed by atoms with E-state index in [-0.39, 0.29) is 18.5 Å².